The van der Waals surface area contributed by atoms with Gasteiger partial charge in [0.2, 0.25) is 0 Å². The zero-order valence-electron chi connectivity index (χ0n) is 12.2. The number of benzene rings is 2. The second-order valence-corrected chi connectivity index (χ2v) is 5.74. The standard InChI is InChI=1S/C18H22N2/c1-13-9-14(2)11-16(10-13)20-18-7-8-19-12-15-5-3-4-6-17(15)18/h3-6,9-11,18-20H,7-8,12H2,1-2H3. The molecule has 1 aliphatic heterocycles. The van der Waals surface area contributed by atoms with Crippen molar-refractivity contribution in [3.05, 3.63) is 64.7 Å². The Morgan fingerprint density at radius 3 is 2.60 bits per heavy atom. The van der Waals surface area contributed by atoms with E-state index >= 15 is 0 Å². The number of fused-ring (bicyclic) bond motifs is 1. The van der Waals surface area contributed by atoms with Gasteiger partial charge in [-0.05, 0) is 61.2 Å². The fourth-order valence-corrected chi connectivity index (χ4v) is 3.07. The first-order valence-corrected chi connectivity index (χ1v) is 7.36. The van der Waals surface area contributed by atoms with Crippen molar-refractivity contribution in [3.63, 3.8) is 0 Å². The summed E-state index contributed by atoms with van der Waals surface area (Å²) in [7, 11) is 0. The number of aryl methyl sites for hydroxylation is 2. The summed E-state index contributed by atoms with van der Waals surface area (Å²) in [5, 5.41) is 7.22. The molecule has 1 atom stereocenters. The van der Waals surface area contributed by atoms with E-state index in [4.69, 9.17) is 0 Å². The van der Waals surface area contributed by atoms with Crippen LogP contribution < -0.4 is 10.6 Å². The molecular formula is C18H22N2. The highest BCUT2D eigenvalue weighted by Gasteiger charge is 2.17. The van der Waals surface area contributed by atoms with Crippen LogP contribution in [-0.2, 0) is 6.54 Å². The quantitative estimate of drug-likeness (QED) is 0.860. The van der Waals surface area contributed by atoms with Gasteiger partial charge in [-0.3, -0.25) is 0 Å². The lowest BCUT2D eigenvalue weighted by Crippen LogP contribution is -2.15. The van der Waals surface area contributed by atoms with Gasteiger partial charge in [-0.1, -0.05) is 30.3 Å². The summed E-state index contributed by atoms with van der Waals surface area (Å²) < 4.78 is 0. The molecule has 3 rings (SSSR count). The SMILES string of the molecule is Cc1cc(C)cc(NC2CCNCc3ccccc32)c1. The zero-order valence-corrected chi connectivity index (χ0v) is 12.2. The van der Waals surface area contributed by atoms with Crippen molar-refractivity contribution in [2.75, 3.05) is 11.9 Å². The molecule has 2 nitrogen and oxygen atoms in total. The van der Waals surface area contributed by atoms with E-state index in [9.17, 15) is 0 Å². The van der Waals surface area contributed by atoms with Crippen LogP contribution in [0.15, 0.2) is 42.5 Å². The van der Waals surface area contributed by atoms with E-state index in [0.717, 1.165) is 19.5 Å². The van der Waals surface area contributed by atoms with Gasteiger partial charge in [-0.25, -0.2) is 0 Å². The molecular weight excluding hydrogens is 244 g/mol. The summed E-state index contributed by atoms with van der Waals surface area (Å²) in [5.74, 6) is 0. The molecule has 0 aromatic heterocycles. The number of hydrogen-bond donors (Lipinski definition) is 2. The maximum atomic E-state index is 3.72. The van der Waals surface area contributed by atoms with Crippen LogP contribution in [0, 0.1) is 13.8 Å². The van der Waals surface area contributed by atoms with Crippen LogP contribution in [0.3, 0.4) is 0 Å². The second kappa shape index (κ2) is 5.68. The maximum absolute atomic E-state index is 3.72. The molecule has 2 aromatic rings. The van der Waals surface area contributed by atoms with Crippen molar-refractivity contribution < 1.29 is 0 Å². The van der Waals surface area contributed by atoms with Gasteiger partial charge in [0.25, 0.3) is 0 Å². The molecule has 2 aromatic carbocycles. The van der Waals surface area contributed by atoms with Gasteiger partial charge in [0.05, 0.1) is 6.04 Å². The molecule has 0 bridgehead atoms. The average molecular weight is 266 g/mol. The summed E-state index contributed by atoms with van der Waals surface area (Å²) in [5.41, 5.74) is 6.69. The average Bonchev–Trinajstić information content (AvgIpc) is 2.61. The van der Waals surface area contributed by atoms with Crippen LogP contribution in [0.25, 0.3) is 0 Å². The van der Waals surface area contributed by atoms with Crippen LogP contribution in [0.5, 0.6) is 0 Å². The van der Waals surface area contributed by atoms with Crippen molar-refractivity contribution in [1.82, 2.24) is 5.32 Å². The minimum atomic E-state index is 0.391. The first-order chi connectivity index (χ1) is 9.72. The van der Waals surface area contributed by atoms with E-state index in [1.807, 2.05) is 0 Å². The Morgan fingerprint density at radius 2 is 1.80 bits per heavy atom. The summed E-state index contributed by atoms with van der Waals surface area (Å²) in [6.07, 6.45) is 1.12. The van der Waals surface area contributed by atoms with Gasteiger partial charge in [0.1, 0.15) is 0 Å². The molecule has 1 heterocycles. The fourth-order valence-electron chi connectivity index (χ4n) is 3.07. The summed E-state index contributed by atoms with van der Waals surface area (Å²) in [4.78, 5) is 0. The van der Waals surface area contributed by atoms with Gasteiger partial charge < -0.3 is 10.6 Å². The lowest BCUT2D eigenvalue weighted by Gasteiger charge is -2.21. The molecule has 0 aliphatic carbocycles. The number of hydrogen-bond acceptors (Lipinski definition) is 2. The third-order valence-corrected chi connectivity index (χ3v) is 3.92. The van der Waals surface area contributed by atoms with E-state index in [2.05, 4.69) is 66.9 Å². The number of anilines is 1. The molecule has 0 radical (unpaired) electrons. The predicted molar refractivity (Wildman–Crippen MR) is 85.0 cm³/mol. The largest absolute Gasteiger partial charge is 0.378 e. The summed E-state index contributed by atoms with van der Waals surface area (Å²) >= 11 is 0. The fraction of sp³-hybridized carbons (Fsp3) is 0.333. The van der Waals surface area contributed by atoms with Gasteiger partial charge in [-0.2, -0.15) is 0 Å². The summed E-state index contributed by atoms with van der Waals surface area (Å²) in [6.45, 7) is 6.33. The Labute approximate surface area is 121 Å². The number of nitrogens with one attached hydrogen (secondary N) is 2. The van der Waals surface area contributed by atoms with Crippen LogP contribution in [0.1, 0.15) is 34.7 Å². The minimum absolute atomic E-state index is 0.391. The van der Waals surface area contributed by atoms with Crippen LogP contribution in [0.2, 0.25) is 0 Å². The van der Waals surface area contributed by atoms with Crippen LogP contribution in [0.4, 0.5) is 5.69 Å². The Balaban J connectivity index is 1.90. The monoisotopic (exact) mass is 266 g/mol. The molecule has 1 aliphatic rings. The molecule has 1 unspecified atom stereocenters. The molecule has 20 heavy (non-hydrogen) atoms. The molecule has 0 fully saturated rings. The van der Waals surface area contributed by atoms with E-state index in [-0.39, 0.29) is 0 Å². The Kier molecular flexibility index (Phi) is 3.75. The Morgan fingerprint density at radius 1 is 1.05 bits per heavy atom. The van der Waals surface area contributed by atoms with Crippen molar-refractivity contribution in [2.24, 2.45) is 0 Å². The number of rotatable bonds is 2. The van der Waals surface area contributed by atoms with Crippen molar-refractivity contribution >= 4 is 5.69 Å². The second-order valence-electron chi connectivity index (χ2n) is 5.74. The van der Waals surface area contributed by atoms with Gasteiger partial charge in [0, 0.05) is 12.2 Å². The van der Waals surface area contributed by atoms with Crippen molar-refractivity contribution in [1.29, 1.82) is 0 Å². The van der Waals surface area contributed by atoms with Crippen molar-refractivity contribution in [3.8, 4) is 0 Å². The molecule has 0 amide bonds. The first kappa shape index (κ1) is 13.2. The maximum Gasteiger partial charge on any atom is 0.0529 e. The highest BCUT2D eigenvalue weighted by molar-refractivity contribution is 5.51. The first-order valence-electron chi connectivity index (χ1n) is 7.36. The molecule has 0 saturated carbocycles. The Bertz CT molecular complexity index is 584. The third kappa shape index (κ3) is 2.86. The minimum Gasteiger partial charge on any atom is -0.378 e. The molecule has 2 N–H and O–H groups in total. The predicted octanol–water partition coefficient (Wildman–Crippen LogP) is 3.95. The lowest BCUT2D eigenvalue weighted by atomic mass is 9.99. The topological polar surface area (TPSA) is 24.1 Å². The van der Waals surface area contributed by atoms with Crippen LogP contribution >= 0.6 is 0 Å². The van der Waals surface area contributed by atoms with E-state index in [1.165, 1.54) is 27.9 Å². The molecule has 0 saturated heterocycles. The van der Waals surface area contributed by atoms with E-state index in [1.54, 1.807) is 0 Å². The highest BCUT2D eigenvalue weighted by Crippen LogP contribution is 2.28. The molecule has 104 valence electrons. The molecule has 2 heteroatoms. The van der Waals surface area contributed by atoms with Gasteiger partial charge >= 0.3 is 0 Å². The third-order valence-electron chi connectivity index (χ3n) is 3.92. The van der Waals surface area contributed by atoms with Gasteiger partial charge in [0.15, 0.2) is 0 Å². The van der Waals surface area contributed by atoms with Gasteiger partial charge in [-0.15, -0.1) is 0 Å². The normalized spacial score (nSPS) is 18.2. The zero-order chi connectivity index (χ0) is 13.9. The molecule has 0 spiro atoms. The van der Waals surface area contributed by atoms with E-state index in [0.29, 0.717) is 6.04 Å². The lowest BCUT2D eigenvalue weighted by molar-refractivity contribution is 0.637. The highest BCUT2D eigenvalue weighted by atomic mass is 14.9. The van der Waals surface area contributed by atoms with Crippen LogP contribution in [-0.4, -0.2) is 6.54 Å². The smallest absolute Gasteiger partial charge is 0.0529 e. The Hall–Kier alpha value is -1.80. The van der Waals surface area contributed by atoms with Crippen molar-refractivity contribution in [2.45, 2.75) is 32.9 Å². The van der Waals surface area contributed by atoms with E-state index < -0.39 is 0 Å². The summed E-state index contributed by atoms with van der Waals surface area (Å²) in [6, 6.07) is 15.8.